The maximum atomic E-state index is 12.8. The minimum atomic E-state index is 0.108. The van der Waals surface area contributed by atoms with E-state index in [1.165, 1.54) is 12.0 Å². The number of benzene rings is 1. The Labute approximate surface area is 121 Å². The van der Waals surface area contributed by atoms with Crippen LogP contribution in [0.25, 0.3) is 0 Å². The number of ether oxygens (including phenoxy) is 1. The summed E-state index contributed by atoms with van der Waals surface area (Å²) in [4.78, 5) is 14.8. The Morgan fingerprint density at radius 2 is 2.10 bits per heavy atom. The van der Waals surface area contributed by atoms with Gasteiger partial charge in [-0.05, 0) is 49.8 Å². The van der Waals surface area contributed by atoms with E-state index >= 15 is 0 Å². The van der Waals surface area contributed by atoms with E-state index in [0.29, 0.717) is 23.3 Å². The van der Waals surface area contributed by atoms with Crippen LogP contribution in [0.3, 0.4) is 0 Å². The Kier molecular flexibility index (Phi) is 4.69. The lowest BCUT2D eigenvalue weighted by Crippen LogP contribution is -2.42. The molecule has 1 amide bonds. The molecule has 0 saturated carbocycles. The van der Waals surface area contributed by atoms with Crippen LogP contribution >= 0.6 is 0 Å². The highest BCUT2D eigenvalue weighted by Crippen LogP contribution is 2.27. The fourth-order valence-electron chi connectivity index (χ4n) is 2.81. The van der Waals surface area contributed by atoms with E-state index in [-0.39, 0.29) is 5.91 Å². The number of piperidine rings is 1. The molecule has 110 valence electrons. The van der Waals surface area contributed by atoms with Crippen LogP contribution in [0.2, 0.25) is 0 Å². The molecule has 0 radical (unpaired) electrons. The molecule has 0 N–H and O–H groups in total. The van der Waals surface area contributed by atoms with Crippen LogP contribution in [0.15, 0.2) is 18.2 Å². The van der Waals surface area contributed by atoms with Crippen LogP contribution in [0, 0.1) is 0 Å². The summed E-state index contributed by atoms with van der Waals surface area (Å²) in [7, 11) is 1.63. The normalized spacial score (nSPS) is 19.2. The number of likely N-dealkylation sites (tertiary alicyclic amines) is 1. The Morgan fingerprint density at radius 1 is 1.35 bits per heavy atom. The second-order valence-electron chi connectivity index (χ2n) is 5.96. The lowest BCUT2D eigenvalue weighted by Gasteiger charge is -2.34. The molecule has 0 bridgehead atoms. The van der Waals surface area contributed by atoms with Gasteiger partial charge in [0.2, 0.25) is 0 Å². The minimum Gasteiger partial charge on any atom is -0.496 e. The maximum absolute atomic E-state index is 12.8. The van der Waals surface area contributed by atoms with Crippen molar-refractivity contribution in [1.29, 1.82) is 0 Å². The van der Waals surface area contributed by atoms with Gasteiger partial charge in [-0.15, -0.1) is 0 Å². The molecule has 3 nitrogen and oxygen atoms in total. The molecule has 1 heterocycles. The van der Waals surface area contributed by atoms with Crippen LogP contribution in [0.4, 0.5) is 0 Å². The molecule has 0 unspecified atom stereocenters. The average molecular weight is 275 g/mol. The summed E-state index contributed by atoms with van der Waals surface area (Å²) in [6.45, 7) is 7.27. The maximum Gasteiger partial charge on any atom is 0.257 e. The molecule has 1 saturated heterocycles. The summed E-state index contributed by atoms with van der Waals surface area (Å²) >= 11 is 0. The van der Waals surface area contributed by atoms with Crippen LogP contribution in [-0.2, 0) is 0 Å². The van der Waals surface area contributed by atoms with E-state index in [9.17, 15) is 4.79 Å². The van der Waals surface area contributed by atoms with Gasteiger partial charge in [0.25, 0.3) is 5.91 Å². The highest BCUT2D eigenvalue weighted by Gasteiger charge is 2.26. The SMILES string of the molecule is COc1ccc(C(C)C)cc1C(=O)N1CCCC[C@H]1C. The van der Waals surface area contributed by atoms with Gasteiger partial charge in [-0.25, -0.2) is 0 Å². The Balaban J connectivity index is 2.33. The Bertz CT molecular complexity index is 482. The van der Waals surface area contributed by atoms with Crippen molar-refractivity contribution in [2.24, 2.45) is 0 Å². The fraction of sp³-hybridized carbons (Fsp3) is 0.588. The monoisotopic (exact) mass is 275 g/mol. The standard InChI is InChI=1S/C17H25NO2/c1-12(2)14-8-9-16(20-4)15(11-14)17(19)18-10-6-5-7-13(18)3/h8-9,11-13H,5-7,10H2,1-4H3/t13-/m1/s1. The van der Waals surface area contributed by atoms with Gasteiger partial charge in [0, 0.05) is 12.6 Å². The highest BCUT2D eigenvalue weighted by molar-refractivity contribution is 5.97. The molecule has 1 fully saturated rings. The largest absolute Gasteiger partial charge is 0.496 e. The summed E-state index contributed by atoms with van der Waals surface area (Å²) in [5.41, 5.74) is 1.88. The molecular weight excluding hydrogens is 250 g/mol. The van der Waals surface area contributed by atoms with E-state index < -0.39 is 0 Å². The molecule has 0 aromatic heterocycles. The first-order chi connectivity index (χ1) is 9.54. The summed E-state index contributed by atoms with van der Waals surface area (Å²) in [5, 5.41) is 0. The number of nitrogens with zero attached hydrogens (tertiary/aromatic N) is 1. The number of amides is 1. The first-order valence-electron chi connectivity index (χ1n) is 7.53. The quantitative estimate of drug-likeness (QED) is 0.839. The van der Waals surface area contributed by atoms with Crippen molar-refractivity contribution in [2.75, 3.05) is 13.7 Å². The second-order valence-corrected chi connectivity index (χ2v) is 5.96. The minimum absolute atomic E-state index is 0.108. The number of methoxy groups -OCH3 is 1. The number of carbonyl (C=O) groups is 1. The van der Waals surface area contributed by atoms with Gasteiger partial charge >= 0.3 is 0 Å². The van der Waals surface area contributed by atoms with Crippen LogP contribution in [0.1, 0.15) is 61.9 Å². The summed E-state index contributed by atoms with van der Waals surface area (Å²) in [6, 6.07) is 6.27. The van der Waals surface area contributed by atoms with Crippen molar-refractivity contribution < 1.29 is 9.53 Å². The van der Waals surface area contributed by atoms with E-state index in [1.807, 2.05) is 23.1 Å². The molecule has 0 aliphatic carbocycles. The van der Waals surface area contributed by atoms with Crippen molar-refractivity contribution >= 4 is 5.91 Å². The zero-order valence-corrected chi connectivity index (χ0v) is 13.0. The van der Waals surface area contributed by atoms with Gasteiger partial charge in [-0.2, -0.15) is 0 Å². The van der Waals surface area contributed by atoms with Gasteiger partial charge in [-0.3, -0.25) is 4.79 Å². The molecular formula is C17H25NO2. The molecule has 1 aliphatic heterocycles. The molecule has 0 spiro atoms. The Morgan fingerprint density at radius 3 is 2.70 bits per heavy atom. The summed E-state index contributed by atoms with van der Waals surface area (Å²) < 4.78 is 5.38. The predicted molar refractivity (Wildman–Crippen MR) is 81.4 cm³/mol. The summed E-state index contributed by atoms with van der Waals surface area (Å²) in [6.07, 6.45) is 3.41. The van der Waals surface area contributed by atoms with E-state index in [1.54, 1.807) is 7.11 Å². The molecule has 1 aromatic rings. The average Bonchev–Trinajstić information content (AvgIpc) is 2.46. The third kappa shape index (κ3) is 2.97. The van der Waals surface area contributed by atoms with E-state index in [2.05, 4.69) is 20.8 Å². The van der Waals surface area contributed by atoms with Gasteiger partial charge in [0.15, 0.2) is 0 Å². The van der Waals surface area contributed by atoms with Gasteiger partial charge in [0.1, 0.15) is 5.75 Å². The zero-order chi connectivity index (χ0) is 14.7. The van der Waals surface area contributed by atoms with Crippen molar-refractivity contribution in [3.8, 4) is 5.75 Å². The molecule has 2 rings (SSSR count). The van der Waals surface area contributed by atoms with Crippen molar-refractivity contribution in [2.45, 2.75) is 52.0 Å². The van der Waals surface area contributed by atoms with E-state index in [4.69, 9.17) is 4.74 Å². The van der Waals surface area contributed by atoms with Crippen LogP contribution < -0.4 is 4.74 Å². The van der Waals surface area contributed by atoms with Gasteiger partial charge < -0.3 is 9.64 Å². The summed E-state index contributed by atoms with van der Waals surface area (Å²) in [5.74, 6) is 1.19. The number of carbonyl (C=O) groups excluding carboxylic acids is 1. The van der Waals surface area contributed by atoms with Crippen LogP contribution in [-0.4, -0.2) is 30.5 Å². The second kappa shape index (κ2) is 6.29. The smallest absolute Gasteiger partial charge is 0.257 e. The van der Waals surface area contributed by atoms with Crippen molar-refractivity contribution in [3.05, 3.63) is 29.3 Å². The number of rotatable bonds is 3. The first kappa shape index (κ1) is 14.9. The third-order valence-electron chi connectivity index (χ3n) is 4.18. The lowest BCUT2D eigenvalue weighted by atomic mass is 9.98. The lowest BCUT2D eigenvalue weighted by molar-refractivity contribution is 0.0632. The first-order valence-corrected chi connectivity index (χ1v) is 7.53. The zero-order valence-electron chi connectivity index (χ0n) is 13.0. The third-order valence-corrected chi connectivity index (χ3v) is 4.18. The van der Waals surface area contributed by atoms with Gasteiger partial charge in [0.05, 0.1) is 12.7 Å². The van der Waals surface area contributed by atoms with E-state index in [0.717, 1.165) is 19.4 Å². The predicted octanol–water partition coefficient (Wildman–Crippen LogP) is 3.83. The van der Waals surface area contributed by atoms with Gasteiger partial charge in [-0.1, -0.05) is 19.9 Å². The van der Waals surface area contributed by atoms with Crippen LogP contribution in [0.5, 0.6) is 5.75 Å². The molecule has 3 heteroatoms. The molecule has 1 aromatic carbocycles. The van der Waals surface area contributed by atoms with Crippen molar-refractivity contribution in [1.82, 2.24) is 4.90 Å². The number of hydrogen-bond acceptors (Lipinski definition) is 2. The van der Waals surface area contributed by atoms with Crippen molar-refractivity contribution in [3.63, 3.8) is 0 Å². The fourth-order valence-corrected chi connectivity index (χ4v) is 2.81. The topological polar surface area (TPSA) is 29.5 Å². The molecule has 20 heavy (non-hydrogen) atoms. The molecule has 1 aliphatic rings. The molecule has 1 atom stereocenters. The number of hydrogen-bond donors (Lipinski definition) is 0. The Hall–Kier alpha value is -1.51. The highest BCUT2D eigenvalue weighted by atomic mass is 16.5.